The van der Waals surface area contributed by atoms with E-state index in [1.54, 1.807) is 17.6 Å². The second-order valence-corrected chi connectivity index (χ2v) is 7.18. The smallest absolute Gasteiger partial charge is 0.274 e. The number of benzene rings is 2. The van der Waals surface area contributed by atoms with Crippen molar-refractivity contribution >= 4 is 11.6 Å². The monoisotopic (exact) mass is 336 g/mol. The third-order valence-electron chi connectivity index (χ3n) is 5.31. The summed E-state index contributed by atoms with van der Waals surface area (Å²) in [6, 6.07) is 14.5. The highest BCUT2D eigenvalue weighted by molar-refractivity contribution is 5.93. The van der Waals surface area contributed by atoms with Gasteiger partial charge in [0.15, 0.2) is 0 Å². The summed E-state index contributed by atoms with van der Waals surface area (Å²) in [4.78, 5) is 13.9. The molecule has 1 aliphatic carbocycles. The van der Waals surface area contributed by atoms with Crippen LogP contribution in [-0.4, -0.2) is 17.7 Å². The Morgan fingerprint density at radius 3 is 2.64 bits per heavy atom. The minimum atomic E-state index is -0.472. The van der Waals surface area contributed by atoms with Gasteiger partial charge < -0.3 is 4.90 Å². The Hall–Kier alpha value is -2.33. The van der Waals surface area contributed by atoms with Crippen molar-refractivity contribution < 1.29 is 10.0 Å². The topological polar surface area (TPSA) is 52.6 Å². The molecule has 0 radical (unpaired) electrons. The number of nitrogens with zero attached hydrogens (tertiary/aromatic N) is 1. The number of hydrogen-bond acceptors (Lipinski definition) is 3. The molecule has 130 valence electrons. The van der Waals surface area contributed by atoms with Gasteiger partial charge in [0.25, 0.3) is 5.91 Å². The molecule has 0 unspecified atom stereocenters. The van der Waals surface area contributed by atoms with Gasteiger partial charge in [-0.25, -0.2) is 5.48 Å². The SMILES string of the molecule is O=C(NO)c1ccc(CN2CCCCc3ccc(C4CC4)cc32)cc1. The number of fused-ring (bicyclic) bond motifs is 1. The fraction of sp³-hybridized carbons (Fsp3) is 0.381. The van der Waals surface area contributed by atoms with Gasteiger partial charge in [0.2, 0.25) is 0 Å². The number of carbonyl (C=O) groups is 1. The molecule has 4 rings (SSSR count). The molecule has 1 heterocycles. The molecule has 25 heavy (non-hydrogen) atoms. The lowest BCUT2D eigenvalue weighted by atomic mass is 10.0. The first-order valence-corrected chi connectivity index (χ1v) is 9.16. The van der Waals surface area contributed by atoms with Gasteiger partial charge >= 0.3 is 0 Å². The van der Waals surface area contributed by atoms with Gasteiger partial charge in [-0.3, -0.25) is 10.0 Å². The predicted octanol–water partition coefficient (Wildman–Crippen LogP) is 4.03. The fourth-order valence-electron chi connectivity index (χ4n) is 3.71. The van der Waals surface area contributed by atoms with Crippen LogP contribution in [0.4, 0.5) is 5.69 Å². The van der Waals surface area contributed by atoms with E-state index in [2.05, 4.69) is 23.1 Å². The number of rotatable bonds is 4. The van der Waals surface area contributed by atoms with Crippen molar-refractivity contribution in [3.05, 3.63) is 64.7 Å². The van der Waals surface area contributed by atoms with E-state index in [0.29, 0.717) is 5.56 Å². The van der Waals surface area contributed by atoms with E-state index < -0.39 is 5.91 Å². The molecular formula is C21H24N2O2. The number of aryl methyl sites for hydroxylation is 1. The number of nitrogens with one attached hydrogen (secondary N) is 1. The van der Waals surface area contributed by atoms with Crippen LogP contribution in [0, 0.1) is 0 Å². The largest absolute Gasteiger partial charge is 0.367 e. The zero-order valence-corrected chi connectivity index (χ0v) is 14.4. The number of hydroxylamine groups is 1. The summed E-state index contributed by atoms with van der Waals surface area (Å²) < 4.78 is 0. The van der Waals surface area contributed by atoms with Crippen LogP contribution < -0.4 is 10.4 Å². The molecule has 0 bridgehead atoms. The molecule has 2 N–H and O–H groups in total. The lowest BCUT2D eigenvalue weighted by Gasteiger charge is -2.26. The first-order valence-electron chi connectivity index (χ1n) is 9.16. The van der Waals surface area contributed by atoms with Crippen LogP contribution in [0.3, 0.4) is 0 Å². The lowest BCUT2D eigenvalue weighted by Crippen LogP contribution is -2.24. The van der Waals surface area contributed by atoms with Crippen LogP contribution in [0.1, 0.15) is 58.6 Å². The van der Waals surface area contributed by atoms with E-state index in [1.165, 1.54) is 48.1 Å². The standard InChI is InChI=1S/C21H24N2O2/c24-21(22-25)18-6-4-15(5-7-18)14-23-12-2-1-3-17-10-11-19(13-20(17)23)16-8-9-16/h4-7,10-11,13,16,25H,1-3,8-9,12,14H2,(H,22,24). The quantitative estimate of drug-likeness (QED) is 0.655. The first kappa shape index (κ1) is 16.2. The number of anilines is 1. The normalized spacial score (nSPS) is 16.9. The van der Waals surface area contributed by atoms with Crippen molar-refractivity contribution in [2.45, 2.75) is 44.6 Å². The molecule has 0 aromatic heterocycles. The summed E-state index contributed by atoms with van der Waals surface area (Å²) in [6.07, 6.45) is 6.26. The van der Waals surface area contributed by atoms with E-state index in [9.17, 15) is 4.79 Å². The van der Waals surface area contributed by atoms with Crippen molar-refractivity contribution in [3.8, 4) is 0 Å². The van der Waals surface area contributed by atoms with Crippen LogP contribution in [0.15, 0.2) is 42.5 Å². The van der Waals surface area contributed by atoms with Crippen molar-refractivity contribution in [2.24, 2.45) is 0 Å². The van der Waals surface area contributed by atoms with Crippen molar-refractivity contribution in [1.82, 2.24) is 5.48 Å². The van der Waals surface area contributed by atoms with Gasteiger partial charge in [-0.05, 0) is 72.9 Å². The molecule has 1 aliphatic heterocycles. The van der Waals surface area contributed by atoms with Crippen molar-refractivity contribution in [1.29, 1.82) is 0 Å². The molecular weight excluding hydrogens is 312 g/mol. The summed E-state index contributed by atoms with van der Waals surface area (Å²) in [5.41, 5.74) is 7.66. The van der Waals surface area contributed by atoms with E-state index >= 15 is 0 Å². The minimum absolute atomic E-state index is 0.471. The zero-order chi connectivity index (χ0) is 17.2. The van der Waals surface area contributed by atoms with Crippen LogP contribution >= 0.6 is 0 Å². The summed E-state index contributed by atoms with van der Waals surface area (Å²) in [5, 5.41) is 8.73. The Bertz CT molecular complexity index is 766. The van der Waals surface area contributed by atoms with Gasteiger partial charge in [0.1, 0.15) is 0 Å². The third-order valence-corrected chi connectivity index (χ3v) is 5.31. The molecule has 4 nitrogen and oxygen atoms in total. The third kappa shape index (κ3) is 3.54. The van der Waals surface area contributed by atoms with Gasteiger partial charge in [-0.1, -0.05) is 24.3 Å². The molecule has 2 aromatic carbocycles. The molecule has 0 saturated heterocycles. The van der Waals surface area contributed by atoms with Crippen LogP contribution in [0.5, 0.6) is 0 Å². The molecule has 4 heteroatoms. The van der Waals surface area contributed by atoms with Crippen LogP contribution in [0.25, 0.3) is 0 Å². The summed E-state index contributed by atoms with van der Waals surface area (Å²) >= 11 is 0. The molecule has 2 aliphatic rings. The Labute approximate surface area is 148 Å². The van der Waals surface area contributed by atoms with Crippen molar-refractivity contribution in [2.75, 3.05) is 11.4 Å². The summed E-state index contributed by atoms with van der Waals surface area (Å²) in [5.74, 6) is 0.299. The van der Waals surface area contributed by atoms with Gasteiger partial charge in [-0.15, -0.1) is 0 Å². The maximum Gasteiger partial charge on any atom is 0.274 e. The van der Waals surface area contributed by atoms with E-state index in [-0.39, 0.29) is 0 Å². The molecule has 2 aromatic rings. The number of hydrogen-bond donors (Lipinski definition) is 2. The number of amides is 1. The molecule has 1 fully saturated rings. The predicted molar refractivity (Wildman–Crippen MR) is 98.1 cm³/mol. The second kappa shape index (κ2) is 6.89. The van der Waals surface area contributed by atoms with Gasteiger partial charge in [0.05, 0.1) is 0 Å². The van der Waals surface area contributed by atoms with Gasteiger partial charge in [0, 0.05) is 24.3 Å². The van der Waals surface area contributed by atoms with E-state index in [1.807, 2.05) is 12.1 Å². The average Bonchev–Trinajstić information content (AvgIpc) is 3.49. The first-order chi connectivity index (χ1) is 12.2. The average molecular weight is 336 g/mol. The molecule has 0 atom stereocenters. The maximum absolute atomic E-state index is 11.5. The summed E-state index contributed by atoms with van der Waals surface area (Å²) in [6.45, 7) is 1.92. The molecule has 1 amide bonds. The Balaban J connectivity index is 1.57. The summed E-state index contributed by atoms with van der Waals surface area (Å²) in [7, 11) is 0. The van der Waals surface area contributed by atoms with Crippen molar-refractivity contribution in [3.63, 3.8) is 0 Å². The minimum Gasteiger partial charge on any atom is -0.367 e. The number of carbonyl (C=O) groups excluding carboxylic acids is 1. The Kier molecular flexibility index (Phi) is 4.45. The van der Waals surface area contributed by atoms with Crippen LogP contribution in [0.2, 0.25) is 0 Å². The highest BCUT2D eigenvalue weighted by Crippen LogP contribution is 2.42. The fourth-order valence-corrected chi connectivity index (χ4v) is 3.71. The Morgan fingerprint density at radius 1 is 1.12 bits per heavy atom. The highest BCUT2D eigenvalue weighted by Gasteiger charge is 2.25. The van der Waals surface area contributed by atoms with Crippen LogP contribution in [-0.2, 0) is 13.0 Å². The zero-order valence-electron chi connectivity index (χ0n) is 14.4. The van der Waals surface area contributed by atoms with E-state index in [0.717, 1.165) is 25.4 Å². The maximum atomic E-state index is 11.5. The molecule has 0 spiro atoms. The van der Waals surface area contributed by atoms with E-state index in [4.69, 9.17) is 5.21 Å². The Morgan fingerprint density at radius 2 is 1.92 bits per heavy atom. The molecule has 1 saturated carbocycles. The van der Waals surface area contributed by atoms with Gasteiger partial charge in [-0.2, -0.15) is 0 Å². The lowest BCUT2D eigenvalue weighted by molar-refractivity contribution is 0.0706. The highest BCUT2D eigenvalue weighted by atomic mass is 16.5. The second-order valence-electron chi connectivity index (χ2n) is 7.18.